The molecule has 0 bridgehead atoms. The van der Waals surface area contributed by atoms with Gasteiger partial charge in [0, 0.05) is 17.0 Å². The number of hydrogen-bond donors (Lipinski definition) is 1. The van der Waals surface area contributed by atoms with Crippen molar-refractivity contribution in [1.82, 2.24) is 9.97 Å². The van der Waals surface area contributed by atoms with E-state index in [-0.39, 0.29) is 5.41 Å². The first-order valence-corrected chi connectivity index (χ1v) is 6.92. The minimum atomic E-state index is 0.0852. The van der Waals surface area contributed by atoms with E-state index in [1.165, 1.54) is 0 Å². The molecule has 19 heavy (non-hydrogen) atoms. The number of nitrogens with zero attached hydrogens (tertiary/aromatic N) is 3. The van der Waals surface area contributed by atoms with Crippen LogP contribution in [0.3, 0.4) is 0 Å². The van der Waals surface area contributed by atoms with Crippen LogP contribution in [0, 0.1) is 11.3 Å². The maximum Gasteiger partial charge on any atom is 0.127 e. The third-order valence-corrected chi connectivity index (χ3v) is 3.85. The number of nitriles is 1. The maximum atomic E-state index is 8.82. The number of hydrogen-bond acceptors (Lipinski definition) is 5. The summed E-state index contributed by atoms with van der Waals surface area (Å²) in [5.41, 5.74) is 1.69. The highest BCUT2D eigenvalue weighted by molar-refractivity contribution is 7.09. The molecule has 0 radical (unpaired) electrons. The SMILES string of the molecule is CC(C)(C)c1nc(CNc2cc(C#N)ccn2)cs1. The second kappa shape index (κ2) is 5.37. The molecular formula is C14H16N4S. The molecule has 98 valence electrons. The summed E-state index contributed by atoms with van der Waals surface area (Å²) in [6.45, 7) is 7.08. The number of aromatic nitrogens is 2. The van der Waals surface area contributed by atoms with Gasteiger partial charge in [0.05, 0.1) is 28.9 Å². The van der Waals surface area contributed by atoms with Crippen molar-refractivity contribution in [2.75, 3.05) is 5.32 Å². The lowest BCUT2D eigenvalue weighted by atomic mass is 9.98. The molecule has 4 nitrogen and oxygen atoms in total. The van der Waals surface area contributed by atoms with E-state index in [2.05, 4.69) is 47.5 Å². The zero-order valence-electron chi connectivity index (χ0n) is 11.3. The highest BCUT2D eigenvalue weighted by Crippen LogP contribution is 2.25. The fraction of sp³-hybridized carbons (Fsp3) is 0.357. The van der Waals surface area contributed by atoms with Gasteiger partial charge in [-0.05, 0) is 12.1 Å². The number of nitrogens with one attached hydrogen (secondary N) is 1. The lowest BCUT2D eigenvalue weighted by Gasteiger charge is -2.13. The summed E-state index contributed by atoms with van der Waals surface area (Å²) < 4.78 is 0. The van der Waals surface area contributed by atoms with Crippen LogP contribution in [0.2, 0.25) is 0 Å². The standard InChI is InChI=1S/C14H16N4S/c1-14(2,3)13-18-11(9-19-13)8-17-12-6-10(7-15)4-5-16-12/h4-6,9H,8H2,1-3H3,(H,16,17). The summed E-state index contributed by atoms with van der Waals surface area (Å²) in [5.74, 6) is 0.698. The minimum absolute atomic E-state index is 0.0852. The van der Waals surface area contributed by atoms with Gasteiger partial charge in [-0.15, -0.1) is 11.3 Å². The van der Waals surface area contributed by atoms with Crippen LogP contribution in [0.1, 0.15) is 37.0 Å². The average Bonchev–Trinajstić information content (AvgIpc) is 2.85. The second-order valence-electron chi connectivity index (χ2n) is 5.29. The van der Waals surface area contributed by atoms with Gasteiger partial charge in [-0.25, -0.2) is 9.97 Å². The van der Waals surface area contributed by atoms with Crippen LogP contribution in [0.4, 0.5) is 5.82 Å². The first kappa shape index (κ1) is 13.5. The zero-order chi connectivity index (χ0) is 13.9. The van der Waals surface area contributed by atoms with Crippen LogP contribution in [-0.2, 0) is 12.0 Å². The largest absolute Gasteiger partial charge is 0.364 e. The lowest BCUT2D eigenvalue weighted by molar-refractivity contribution is 0.583. The molecule has 0 aromatic carbocycles. The minimum Gasteiger partial charge on any atom is -0.364 e. The summed E-state index contributed by atoms with van der Waals surface area (Å²) in [6, 6.07) is 5.52. The number of anilines is 1. The lowest BCUT2D eigenvalue weighted by Crippen LogP contribution is -2.11. The Morgan fingerprint density at radius 2 is 2.21 bits per heavy atom. The third kappa shape index (κ3) is 3.52. The molecule has 0 aliphatic heterocycles. The first-order chi connectivity index (χ1) is 8.99. The van der Waals surface area contributed by atoms with Crippen LogP contribution in [-0.4, -0.2) is 9.97 Å². The molecule has 5 heteroatoms. The maximum absolute atomic E-state index is 8.82. The van der Waals surface area contributed by atoms with Gasteiger partial charge in [0.15, 0.2) is 0 Å². The van der Waals surface area contributed by atoms with Crippen molar-refractivity contribution in [3.63, 3.8) is 0 Å². The van der Waals surface area contributed by atoms with E-state index >= 15 is 0 Å². The van der Waals surface area contributed by atoms with Crippen LogP contribution >= 0.6 is 11.3 Å². The van der Waals surface area contributed by atoms with Crippen LogP contribution < -0.4 is 5.32 Å². The smallest absolute Gasteiger partial charge is 0.127 e. The quantitative estimate of drug-likeness (QED) is 0.931. The molecule has 0 saturated carbocycles. The van der Waals surface area contributed by atoms with E-state index in [1.807, 2.05) is 0 Å². The summed E-state index contributed by atoms with van der Waals surface area (Å²) in [5, 5.41) is 15.2. The van der Waals surface area contributed by atoms with Gasteiger partial charge < -0.3 is 5.32 Å². The Morgan fingerprint density at radius 1 is 1.42 bits per heavy atom. The van der Waals surface area contributed by atoms with Crippen LogP contribution in [0.5, 0.6) is 0 Å². The number of rotatable bonds is 3. The van der Waals surface area contributed by atoms with Crippen molar-refractivity contribution >= 4 is 17.2 Å². The average molecular weight is 272 g/mol. The summed E-state index contributed by atoms with van der Waals surface area (Å²) in [6.07, 6.45) is 1.63. The van der Waals surface area contributed by atoms with Crippen molar-refractivity contribution in [3.8, 4) is 6.07 Å². The van der Waals surface area contributed by atoms with E-state index in [0.717, 1.165) is 10.7 Å². The van der Waals surface area contributed by atoms with Crippen LogP contribution in [0.15, 0.2) is 23.7 Å². The Hall–Kier alpha value is -1.93. The van der Waals surface area contributed by atoms with Crippen molar-refractivity contribution in [1.29, 1.82) is 5.26 Å². The van der Waals surface area contributed by atoms with Crippen LogP contribution in [0.25, 0.3) is 0 Å². The van der Waals surface area contributed by atoms with E-state index < -0.39 is 0 Å². The number of thiazole rings is 1. The molecule has 0 aliphatic carbocycles. The molecule has 0 amide bonds. The summed E-state index contributed by atoms with van der Waals surface area (Å²) in [7, 11) is 0. The summed E-state index contributed by atoms with van der Waals surface area (Å²) >= 11 is 1.68. The van der Waals surface area contributed by atoms with E-state index in [1.54, 1.807) is 29.7 Å². The molecule has 0 unspecified atom stereocenters. The Kier molecular flexibility index (Phi) is 3.82. The second-order valence-corrected chi connectivity index (χ2v) is 6.15. The van der Waals surface area contributed by atoms with Crippen molar-refractivity contribution < 1.29 is 0 Å². The van der Waals surface area contributed by atoms with Crippen molar-refractivity contribution in [2.24, 2.45) is 0 Å². The molecule has 0 fully saturated rings. The molecule has 2 heterocycles. The molecule has 2 aromatic rings. The van der Waals surface area contributed by atoms with Gasteiger partial charge in [0.1, 0.15) is 5.82 Å². The normalized spacial score (nSPS) is 11.1. The predicted molar refractivity (Wildman–Crippen MR) is 77.1 cm³/mol. The van der Waals surface area contributed by atoms with Gasteiger partial charge in [-0.1, -0.05) is 20.8 Å². The molecular weight excluding hydrogens is 256 g/mol. The van der Waals surface area contributed by atoms with Gasteiger partial charge in [0.2, 0.25) is 0 Å². The van der Waals surface area contributed by atoms with Crippen molar-refractivity contribution in [3.05, 3.63) is 40.0 Å². The third-order valence-electron chi connectivity index (χ3n) is 2.53. The fourth-order valence-electron chi connectivity index (χ4n) is 1.51. The monoisotopic (exact) mass is 272 g/mol. The van der Waals surface area contributed by atoms with Crippen molar-refractivity contribution in [2.45, 2.75) is 32.7 Å². The Labute approximate surface area is 117 Å². The van der Waals surface area contributed by atoms with E-state index in [0.29, 0.717) is 17.9 Å². The van der Waals surface area contributed by atoms with E-state index in [9.17, 15) is 0 Å². The Bertz CT molecular complexity index is 604. The highest BCUT2D eigenvalue weighted by Gasteiger charge is 2.17. The van der Waals surface area contributed by atoms with Gasteiger partial charge in [0.25, 0.3) is 0 Å². The molecule has 2 aromatic heterocycles. The summed E-state index contributed by atoms with van der Waals surface area (Å²) in [4.78, 5) is 8.77. The fourth-order valence-corrected chi connectivity index (χ4v) is 2.42. The highest BCUT2D eigenvalue weighted by atomic mass is 32.1. The molecule has 1 N–H and O–H groups in total. The molecule has 0 aliphatic rings. The predicted octanol–water partition coefficient (Wildman–Crippen LogP) is 3.32. The van der Waals surface area contributed by atoms with Gasteiger partial charge >= 0.3 is 0 Å². The molecule has 0 atom stereocenters. The Balaban J connectivity index is 2.03. The van der Waals surface area contributed by atoms with Gasteiger partial charge in [-0.3, -0.25) is 0 Å². The zero-order valence-corrected chi connectivity index (χ0v) is 12.1. The topological polar surface area (TPSA) is 61.6 Å². The van der Waals surface area contributed by atoms with Gasteiger partial charge in [-0.2, -0.15) is 5.26 Å². The number of pyridine rings is 1. The molecule has 2 rings (SSSR count). The molecule has 0 saturated heterocycles. The van der Waals surface area contributed by atoms with E-state index in [4.69, 9.17) is 5.26 Å². The molecule has 0 spiro atoms. The first-order valence-electron chi connectivity index (χ1n) is 6.04. The Morgan fingerprint density at radius 3 is 2.84 bits per heavy atom.